The standard InChI is InChI=1S/C7H12F3NO/c1-2-3-6(11)4-12-5-7(8,9)10/h2,6H,1,3-5,11H2. The van der Waals surface area contributed by atoms with Gasteiger partial charge in [0.2, 0.25) is 0 Å². The molecule has 1 unspecified atom stereocenters. The van der Waals surface area contributed by atoms with Crippen molar-refractivity contribution in [2.24, 2.45) is 5.73 Å². The Bertz CT molecular complexity index is 135. The molecule has 0 aliphatic carbocycles. The molecule has 0 aromatic heterocycles. The van der Waals surface area contributed by atoms with Crippen molar-refractivity contribution in [1.82, 2.24) is 0 Å². The molecule has 0 aliphatic rings. The molecule has 0 bridgehead atoms. The van der Waals surface area contributed by atoms with Crippen LogP contribution in [0.15, 0.2) is 12.7 Å². The summed E-state index contributed by atoms with van der Waals surface area (Å²) in [4.78, 5) is 0. The highest BCUT2D eigenvalue weighted by Crippen LogP contribution is 2.14. The molecule has 72 valence electrons. The van der Waals surface area contributed by atoms with E-state index in [9.17, 15) is 13.2 Å². The molecule has 0 heterocycles. The third-order valence-corrected chi connectivity index (χ3v) is 1.07. The lowest BCUT2D eigenvalue weighted by molar-refractivity contribution is -0.174. The maximum Gasteiger partial charge on any atom is 0.411 e. The molecule has 0 aliphatic heterocycles. The first kappa shape index (κ1) is 11.4. The second kappa shape index (κ2) is 5.16. The molecule has 0 fully saturated rings. The summed E-state index contributed by atoms with van der Waals surface area (Å²) in [5.41, 5.74) is 5.35. The van der Waals surface area contributed by atoms with Crippen molar-refractivity contribution in [3.8, 4) is 0 Å². The van der Waals surface area contributed by atoms with Gasteiger partial charge in [-0.15, -0.1) is 6.58 Å². The zero-order valence-electron chi connectivity index (χ0n) is 6.60. The second-order valence-corrected chi connectivity index (χ2v) is 2.41. The number of ether oxygens (including phenoxy) is 1. The van der Waals surface area contributed by atoms with Crippen molar-refractivity contribution < 1.29 is 17.9 Å². The Hall–Kier alpha value is -0.550. The SMILES string of the molecule is C=CCC(N)COCC(F)(F)F. The van der Waals surface area contributed by atoms with E-state index in [1.165, 1.54) is 0 Å². The monoisotopic (exact) mass is 183 g/mol. The molecule has 12 heavy (non-hydrogen) atoms. The van der Waals surface area contributed by atoms with Gasteiger partial charge in [-0.3, -0.25) is 0 Å². The van der Waals surface area contributed by atoms with E-state index in [1.54, 1.807) is 6.08 Å². The molecule has 2 nitrogen and oxygen atoms in total. The van der Waals surface area contributed by atoms with E-state index >= 15 is 0 Å². The summed E-state index contributed by atoms with van der Waals surface area (Å²) < 4.78 is 38.8. The van der Waals surface area contributed by atoms with Crippen LogP contribution in [0.3, 0.4) is 0 Å². The Morgan fingerprint density at radius 2 is 2.08 bits per heavy atom. The summed E-state index contributed by atoms with van der Waals surface area (Å²) in [6, 6.07) is -0.398. The summed E-state index contributed by atoms with van der Waals surface area (Å²) in [5, 5.41) is 0. The van der Waals surface area contributed by atoms with E-state index in [1.807, 2.05) is 0 Å². The average molecular weight is 183 g/mol. The van der Waals surface area contributed by atoms with Gasteiger partial charge >= 0.3 is 6.18 Å². The minimum atomic E-state index is -4.27. The van der Waals surface area contributed by atoms with Gasteiger partial charge in [0.1, 0.15) is 6.61 Å². The largest absolute Gasteiger partial charge is 0.411 e. The number of halogens is 3. The lowest BCUT2D eigenvalue weighted by Crippen LogP contribution is -2.28. The van der Waals surface area contributed by atoms with Crippen LogP contribution < -0.4 is 5.73 Å². The van der Waals surface area contributed by atoms with Crippen LogP contribution in [0.1, 0.15) is 6.42 Å². The van der Waals surface area contributed by atoms with E-state index in [-0.39, 0.29) is 6.61 Å². The first-order valence-electron chi connectivity index (χ1n) is 3.46. The zero-order chi connectivity index (χ0) is 9.61. The van der Waals surface area contributed by atoms with Gasteiger partial charge in [-0.1, -0.05) is 6.08 Å². The highest BCUT2D eigenvalue weighted by Gasteiger charge is 2.27. The van der Waals surface area contributed by atoms with Crippen LogP contribution in [0.5, 0.6) is 0 Å². The van der Waals surface area contributed by atoms with Gasteiger partial charge in [0.25, 0.3) is 0 Å². The van der Waals surface area contributed by atoms with E-state index < -0.39 is 18.8 Å². The molecular formula is C7H12F3NO. The Kier molecular flexibility index (Phi) is 4.92. The smallest absolute Gasteiger partial charge is 0.370 e. The van der Waals surface area contributed by atoms with Crippen LogP contribution in [0, 0.1) is 0 Å². The maximum atomic E-state index is 11.5. The van der Waals surface area contributed by atoms with Gasteiger partial charge in [-0.05, 0) is 6.42 Å². The molecule has 0 radical (unpaired) electrons. The summed E-state index contributed by atoms with van der Waals surface area (Å²) in [5.74, 6) is 0. The molecule has 0 amide bonds. The Balaban J connectivity index is 3.36. The minimum absolute atomic E-state index is 0.0917. The third kappa shape index (κ3) is 7.56. The van der Waals surface area contributed by atoms with Crippen molar-refractivity contribution in [2.45, 2.75) is 18.6 Å². The number of nitrogens with two attached hydrogens (primary N) is 1. The van der Waals surface area contributed by atoms with Crippen LogP contribution in [0.4, 0.5) is 13.2 Å². The average Bonchev–Trinajstić information content (AvgIpc) is 1.84. The van der Waals surface area contributed by atoms with E-state index in [0.29, 0.717) is 6.42 Å². The summed E-state index contributed by atoms with van der Waals surface area (Å²) >= 11 is 0. The van der Waals surface area contributed by atoms with Gasteiger partial charge in [-0.25, -0.2) is 0 Å². The molecule has 5 heteroatoms. The summed E-state index contributed by atoms with van der Waals surface area (Å²) in [6.45, 7) is 2.07. The molecule has 0 saturated heterocycles. The quantitative estimate of drug-likeness (QED) is 0.655. The van der Waals surface area contributed by atoms with Crippen LogP contribution in [0.2, 0.25) is 0 Å². The molecular weight excluding hydrogens is 171 g/mol. The molecule has 0 spiro atoms. The predicted molar refractivity (Wildman–Crippen MR) is 39.7 cm³/mol. The van der Waals surface area contributed by atoms with Gasteiger partial charge in [0.05, 0.1) is 6.61 Å². The lowest BCUT2D eigenvalue weighted by Gasteiger charge is -2.11. The van der Waals surface area contributed by atoms with Gasteiger partial charge in [0.15, 0.2) is 0 Å². The Morgan fingerprint density at radius 1 is 1.50 bits per heavy atom. The highest BCUT2D eigenvalue weighted by molar-refractivity contribution is 4.74. The van der Waals surface area contributed by atoms with E-state index in [4.69, 9.17) is 5.73 Å². The maximum absolute atomic E-state index is 11.5. The van der Waals surface area contributed by atoms with Crippen LogP contribution in [-0.4, -0.2) is 25.4 Å². The topological polar surface area (TPSA) is 35.2 Å². The van der Waals surface area contributed by atoms with Crippen molar-refractivity contribution in [1.29, 1.82) is 0 Å². The first-order chi connectivity index (χ1) is 5.45. The second-order valence-electron chi connectivity index (χ2n) is 2.41. The highest BCUT2D eigenvalue weighted by atomic mass is 19.4. The van der Waals surface area contributed by atoms with Crippen LogP contribution in [0.25, 0.3) is 0 Å². The number of rotatable bonds is 5. The fourth-order valence-electron chi connectivity index (χ4n) is 0.608. The molecule has 0 aromatic rings. The Morgan fingerprint density at radius 3 is 2.50 bits per heavy atom. The fourth-order valence-corrected chi connectivity index (χ4v) is 0.608. The van der Waals surface area contributed by atoms with Crippen LogP contribution >= 0.6 is 0 Å². The third-order valence-electron chi connectivity index (χ3n) is 1.07. The van der Waals surface area contributed by atoms with E-state index in [2.05, 4.69) is 11.3 Å². The molecule has 0 saturated carbocycles. The first-order valence-corrected chi connectivity index (χ1v) is 3.46. The zero-order valence-corrected chi connectivity index (χ0v) is 6.60. The summed E-state index contributed by atoms with van der Waals surface area (Å²) in [6.07, 6.45) is -2.27. The van der Waals surface area contributed by atoms with Crippen molar-refractivity contribution in [3.05, 3.63) is 12.7 Å². The van der Waals surface area contributed by atoms with Crippen LogP contribution in [-0.2, 0) is 4.74 Å². The number of hydrogen-bond acceptors (Lipinski definition) is 2. The van der Waals surface area contributed by atoms with Gasteiger partial charge < -0.3 is 10.5 Å². The van der Waals surface area contributed by atoms with E-state index in [0.717, 1.165) is 0 Å². The molecule has 0 aromatic carbocycles. The van der Waals surface area contributed by atoms with Gasteiger partial charge in [0, 0.05) is 6.04 Å². The number of hydrogen-bond donors (Lipinski definition) is 1. The fraction of sp³-hybridized carbons (Fsp3) is 0.714. The van der Waals surface area contributed by atoms with Crippen molar-refractivity contribution >= 4 is 0 Å². The lowest BCUT2D eigenvalue weighted by atomic mass is 10.2. The van der Waals surface area contributed by atoms with Gasteiger partial charge in [-0.2, -0.15) is 13.2 Å². The van der Waals surface area contributed by atoms with Crippen molar-refractivity contribution in [3.63, 3.8) is 0 Å². The number of alkyl halides is 3. The Labute approximate surface area is 69.2 Å². The molecule has 1 atom stereocenters. The predicted octanol–water partition coefficient (Wildman–Crippen LogP) is 1.47. The molecule has 2 N–H and O–H groups in total. The minimum Gasteiger partial charge on any atom is -0.370 e. The molecule has 0 rings (SSSR count). The van der Waals surface area contributed by atoms with Crippen molar-refractivity contribution in [2.75, 3.05) is 13.2 Å². The summed E-state index contributed by atoms with van der Waals surface area (Å²) in [7, 11) is 0. The normalized spacial score (nSPS) is 14.3.